The van der Waals surface area contributed by atoms with Gasteiger partial charge in [0, 0.05) is 19.5 Å². The van der Waals surface area contributed by atoms with Gasteiger partial charge in [0.2, 0.25) is 0 Å². The molecule has 1 heterocycles. The first-order valence-electron chi connectivity index (χ1n) is 4.15. The van der Waals surface area contributed by atoms with Crippen molar-refractivity contribution in [3.05, 3.63) is 11.6 Å². The lowest BCUT2D eigenvalue weighted by Gasteiger charge is -2.06. The minimum atomic E-state index is -0.120. The Balaban J connectivity index is 2.20. The van der Waals surface area contributed by atoms with Crippen molar-refractivity contribution >= 4 is 5.97 Å². The molecule has 1 aliphatic heterocycles. The largest absolute Gasteiger partial charge is 0.469 e. The summed E-state index contributed by atoms with van der Waals surface area (Å²) in [4.78, 5) is 13.0. The summed E-state index contributed by atoms with van der Waals surface area (Å²) >= 11 is 0. The zero-order valence-corrected chi connectivity index (χ0v) is 7.67. The Morgan fingerprint density at radius 2 is 2.50 bits per heavy atom. The Kier molecular flexibility index (Phi) is 3.29. The lowest BCUT2D eigenvalue weighted by molar-refractivity contribution is -0.140. The Bertz CT molecular complexity index is 199. The van der Waals surface area contributed by atoms with Crippen LogP contribution in [0.15, 0.2) is 11.6 Å². The molecule has 0 aromatic carbocycles. The van der Waals surface area contributed by atoms with Crippen molar-refractivity contribution in [1.82, 2.24) is 4.90 Å². The number of esters is 1. The van der Waals surface area contributed by atoms with E-state index in [0.717, 1.165) is 19.5 Å². The Labute approximate surface area is 73.0 Å². The number of likely N-dealkylation sites (N-methyl/N-ethyl adjacent to an activating group) is 1. The highest BCUT2D eigenvalue weighted by atomic mass is 16.5. The lowest BCUT2D eigenvalue weighted by Crippen LogP contribution is -2.14. The normalized spacial score (nSPS) is 17.7. The number of ether oxygens (including phenoxy) is 1. The molecular formula is C9H15NO2. The van der Waals surface area contributed by atoms with Crippen molar-refractivity contribution in [2.75, 3.05) is 27.2 Å². The molecule has 1 rings (SSSR count). The first-order valence-corrected chi connectivity index (χ1v) is 4.15. The minimum Gasteiger partial charge on any atom is -0.469 e. The van der Waals surface area contributed by atoms with E-state index in [1.807, 2.05) is 0 Å². The Morgan fingerprint density at radius 3 is 3.00 bits per heavy atom. The van der Waals surface area contributed by atoms with E-state index in [1.165, 1.54) is 12.7 Å². The molecule has 0 aromatic heterocycles. The molecule has 0 saturated heterocycles. The van der Waals surface area contributed by atoms with E-state index >= 15 is 0 Å². The molecule has 0 amide bonds. The second-order valence-corrected chi connectivity index (χ2v) is 3.14. The number of carbonyl (C=O) groups is 1. The molecule has 0 radical (unpaired) electrons. The number of rotatable bonds is 3. The number of methoxy groups -OCH3 is 1. The number of nitrogens with zero attached hydrogens (tertiary/aromatic N) is 1. The SMILES string of the molecule is COC(=O)CCC1=CCN(C)C1. The summed E-state index contributed by atoms with van der Waals surface area (Å²) in [5, 5.41) is 0. The predicted octanol–water partition coefficient (Wildman–Crippen LogP) is 0.811. The van der Waals surface area contributed by atoms with E-state index in [9.17, 15) is 4.79 Å². The predicted molar refractivity (Wildman–Crippen MR) is 46.8 cm³/mol. The highest BCUT2D eigenvalue weighted by Crippen LogP contribution is 2.12. The van der Waals surface area contributed by atoms with Gasteiger partial charge >= 0.3 is 5.97 Å². The van der Waals surface area contributed by atoms with Crippen LogP contribution in [-0.4, -0.2) is 38.1 Å². The third kappa shape index (κ3) is 2.66. The van der Waals surface area contributed by atoms with Gasteiger partial charge in [0.25, 0.3) is 0 Å². The van der Waals surface area contributed by atoms with Gasteiger partial charge in [0.05, 0.1) is 7.11 Å². The first kappa shape index (κ1) is 9.26. The van der Waals surface area contributed by atoms with Crippen molar-refractivity contribution in [2.24, 2.45) is 0 Å². The number of carbonyl (C=O) groups excluding carboxylic acids is 1. The van der Waals surface area contributed by atoms with E-state index < -0.39 is 0 Å². The van der Waals surface area contributed by atoms with Crippen LogP contribution in [0.3, 0.4) is 0 Å². The van der Waals surface area contributed by atoms with Crippen LogP contribution in [0.5, 0.6) is 0 Å². The van der Waals surface area contributed by atoms with Crippen LogP contribution < -0.4 is 0 Å². The summed E-state index contributed by atoms with van der Waals surface area (Å²) < 4.78 is 4.56. The molecule has 0 aliphatic carbocycles. The summed E-state index contributed by atoms with van der Waals surface area (Å²) in [6.45, 7) is 2.01. The molecule has 0 unspecified atom stereocenters. The van der Waals surface area contributed by atoms with E-state index in [2.05, 4.69) is 22.8 Å². The topological polar surface area (TPSA) is 29.5 Å². The summed E-state index contributed by atoms with van der Waals surface area (Å²) in [6.07, 6.45) is 3.54. The molecule has 0 aromatic rings. The molecule has 12 heavy (non-hydrogen) atoms. The summed E-state index contributed by atoms with van der Waals surface area (Å²) in [5.41, 5.74) is 1.35. The monoisotopic (exact) mass is 169 g/mol. The van der Waals surface area contributed by atoms with Crippen LogP contribution in [0.2, 0.25) is 0 Å². The van der Waals surface area contributed by atoms with Crippen molar-refractivity contribution in [3.63, 3.8) is 0 Å². The molecule has 3 nitrogen and oxygen atoms in total. The van der Waals surface area contributed by atoms with Gasteiger partial charge in [-0.3, -0.25) is 9.69 Å². The fourth-order valence-corrected chi connectivity index (χ4v) is 1.31. The molecule has 68 valence electrons. The summed E-state index contributed by atoms with van der Waals surface area (Å²) in [5.74, 6) is -0.120. The average Bonchev–Trinajstić information content (AvgIpc) is 2.47. The maximum Gasteiger partial charge on any atom is 0.305 e. The molecule has 0 fully saturated rings. The van der Waals surface area contributed by atoms with Crippen LogP contribution in [0.4, 0.5) is 0 Å². The third-order valence-electron chi connectivity index (χ3n) is 2.04. The second-order valence-electron chi connectivity index (χ2n) is 3.14. The van der Waals surface area contributed by atoms with Gasteiger partial charge in [0.15, 0.2) is 0 Å². The Hall–Kier alpha value is -0.830. The van der Waals surface area contributed by atoms with E-state index in [0.29, 0.717) is 6.42 Å². The van der Waals surface area contributed by atoms with Gasteiger partial charge in [-0.25, -0.2) is 0 Å². The van der Waals surface area contributed by atoms with Gasteiger partial charge in [-0.1, -0.05) is 11.6 Å². The van der Waals surface area contributed by atoms with Crippen LogP contribution in [0.25, 0.3) is 0 Å². The lowest BCUT2D eigenvalue weighted by atomic mass is 10.1. The van der Waals surface area contributed by atoms with E-state index in [4.69, 9.17) is 0 Å². The fourth-order valence-electron chi connectivity index (χ4n) is 1.31. The third-order valence-corrected chi connectivity index (χ3v) is 2.04. The van der Waals surface area contributed by atoms with Crippen LogP contribution in [-0.2, 0) is 9.53 Å². The zero-order chi connectivity index (χ0) is 8.97. The maximum atomic E-state index is 10.8. The highest BCUT2D eigenvalue weighted by molar-refractivity contribution is 5.69. The van der Waals surface area contributed by atoms with Crippen LogP contribution in [0, 0.1) is 0 Å². The molecule has 3 heteroatoms. The van der Waals surface area contributed by atoms with E-state index in [-0.39, 0.29) is 5.97 Å². The van der Waals surface area contributed by atoms with Gasteiger partial charge in [-0.05, 0) is 13.5 Å². The van der Waals surface area contributed by atoms with Gasteiger partial charge in [-0.2, -0.15) is 0 Å². The minimum absolute atomic E-state index is 0.120. The van der Waals surface area contributed by atoms with Gasteiger partial charge in [0.1, 0.15) is 0 Å². The van der Waals surface area contributed by atoms with E-state index in [1.54, 1.807) is 0 Å². The van der Waals surface area contributed by atoms with Crippen LogP contribution >= 0.6 is 0 Å². The molecule has 0 spiro atoms. The van der Waals surface area contributed by atoms with Gasteiger partial charge < -0.3 is 4.74 Å². The number of hydrogen-bond donors (Lipinski definition) is 0. The quantitative estimate of drug-likeness (QED) is 0.462. The highest BCUT2D eigenvalue weighted by Gasteiger charge is 2.10. The molecule has 0 N–H and O–H groups in total. The first-order chi connectivity index (χ1) is 5.72. The molecular weight excluding hydrogens is 154 g/mol. The van der Waals surface area contributed by atoms with Gasteiger partial charge in [-0.15, -0.1) is 0 Å². The molecule has 0 saturated carbocycles. The van der Waals surface area contributed by atoms with Crippen molar-refractivity contribution in [1.29, 1.82) is 0 Å². The molecule has 1 aliphatic rings. The fraction of sp³-hybridized carbons (Fsp3) is 0.667. The average molecular weight is 169 g/mol. The maximum absolute atomic E-state index is 10.8. The molecule has 0 atom stereocenters. The second kappa shape index (κ2) is 4.26. The smallest absolute Gasteiger partial charge is 0.305 e. The standard InChI is InChI=1S/C9H15NO2/c1-10-6-5-8(7-10)3-4-9(11)12-2/h5H,3-4,6-7H2,1-2H3. The number of hydrogen-bond acceptors (Lipinski definition) is 3. The van der Waals surface area contributed by atoms with Crippen molar-refractivity contribution in [2.45, 2.75) is 12.8 Å². The summed E-state index contributed by atoms with van der Waals surface area (Å²) in [7, 11) is 3.50. The summed E-state index contributed by atoms with van der Waals surface area (Å²) in [6, 6.07) is 0. The molecule has 0 bridgehead atoms. The van der Waals surface area contributed by atoms with Crippen LogP contribution in [0.1, 0.15) is 12.8 Å². The van der Waals surface area contributed by atoms with Crippen molar-refractivity contribution < 1.29 is 9.53 Å². The Morgan fingerprint density at radius 1 is 1.75 bits per heavy atom. The zero-order valence-electron chi connectivity index (χ0n) is 7.67. The van der Waals surface area contributed by atoms with Crippen molar-refractivity contribution in [3.8, 4) is 0 Å².